The molecule has 0 radical (unpaired) electrons. The summed E-state index contributed by atoms with van der Waals surface area (Å²) in [7, 11) is 0. The number of rotatable bonds is 25. The van der Waals surface area contributed by atoms with Gasteiger partial charge in [-0.25, -0.2) is 0 Å². The van der Waals surface area contributed by atoms with Gasteiger partial charge in [0.15, 0.2) is 25.2 Å². The van der Waals surface area contributed by atoms with Crippen LogP contribution in [0.4, 0.5) is 0 Å². The molecule has 0 aliphatic carbocycles. The average molecular weight is 1060 g/mol. The van der Waals surface area contributed by atoms with Gasteiger partial charge in [-0.15, -0.1) is 0 Å². The normalized spacial score (nSPS) is 36.5. The fraction of sp³-hybridized carbons (Fsp3) is 0.750. The van der Waals surface area contributed by atoms with Gasteiger partial charge in [0, 0.05) is 26.3 Å². The van der Waals surface area contributed by atoms with E-state index in [1.807, 2.05) is 0 Å². The number of benzene rings is 1. The van der Waals surface area contributed by atoms with Crippen LogP contribution in [0.3, 0.4) is 0 Å². The molecule has 0 saturated carbocycles. The molecular weight excluding hydrogens is 985 g/mol. The summed E-state index contributed by atoms with van der Waals surface area (Å²) >= 11 is 0. The first-order valence-corrected chi connectivity index (χ1v) is 25.0. The maximum absolute atomic E-state index is 13.8. The van der Waals surface area contributed by atoms with Crippen LogP contribution in [0.2, 0.25) is 0 Å². The van der Waals surface area contributed by atoms with Crippen LogP contribution in [-0.4, -0.2) is 230 Å². The highest BCUT2D eigenvalue weighted by molar-refractivity contribution is 5.94. The molecular formula is C48H76N4O22. The Balaban J connectivity index is 1.32. The van der Waals surface area contributed by atoms with Crippen molar-refractivity contribution in [2.75, 3.05) is 33.0 Å². The minimum Gasteiger partial charge on any atom is -0.494 e. The van der Waals surface area contributed by atoms with Gasteiger partial charge < -0.3 is 110 Å². The Labute approximate surface area is 428 Å². The van der Waals surface area contributed by atoms with E-state index < -0.39 is 173 Å². The Bertz CT molecular complexity index is 1960. The lowest BCUT2D eigenvalue weighted by atomic mass is 9.93. The lowest BCUT2D eigenvalue weighted by molar-refractivity contribution is -0.361. The number of carbonyl (C=O) groups excluding carboxylic acids is 4. The summed E-state index contributed by atoms with van der Waals surface area (Å²) < 4.78 is 47.4. The number of ether oxygens (including phenoxy) is 8. The molecule has 420 valence electrons. The van der Waals surface area contributed by atoms with E-state index in [4.69, 9.17) is 37.9 Å². The van der Waals surface area contributed by atoms with Gasteiger partial charge in [0.25, 0.3) is 5.91 Å². The van der Waals surface area contributed by atoms with Crippen molar-refractivity contribution in [2.24, 2.45) is 0 Å². The van der Waals surface area contributed by atoms with E-state index in [9.17, 15) is 70.2 Å². The van der Waals surface area contributed by atoms with Gasteiger partial charge in [0.1, 0.15) is 103 Å². The number of carbonyl (C=O) groups is 4. The summed E-state index contributed by atoms with van der Waals surface area (Å²) in [5.74, 6) is -2.58. The van der Waals surface area contributed by atoms with Gasteiger partial charge in [-0.3, -0.25) is 19.2 Å². The van der Waals surface area contributed by atoms with E-state index in [1.165, 1.54) is 31.4 Å². The number of hydrogen-bond donors (Lipinski definition) is 14. The Morgan fingerprint density at radius 2 is 0.986 bits per heavy atom. The molecule has 4 fully saturated rings. The maximum Gasteiger partial charge on any atom is 0.251 e. The fourth-order valence-electron chi connectivity index (χ4n) is 9.21. The topological polar surface area (TPSA) is 393 Å². The van der Waals surface area contributed by atoms with E-state index >= 15 is 0 Å². The molecule has 4 aliphatic rings. The average Bonchev–Trinajstić information content (AvgIpc) is 3.36. The second-order valence-corrected chi connectivity index (χ2v) is 18.7. The molecule has 0 spiro atoms. The lowest BCUT2D eigenvalue weighted by Gasteiger charge is -2.51. The largest absolute Gasteiger partial charge is 0.494 e. The van der Waals surface area contributed by atoms with Gasteiger partial charge in [-0.05, 0) is 43.9 Å². The monoisotopic (exact) mass is 1060 g/mol. The molecule has 4 heterocycles. The quantitative estimate of drug-likeness (QED) is 0.0326. The summed E-state index contributed by atoms with van der Waals surface area (Å²) in [5, 5.41) is 119. The summed E-state index contributed by atoms with van der Waals surface area (Å²) in [4.78, 5) is 50.9. The third kappa shape index (κ3) is 16.0. The smallest absolute Gasteiger partial charge is 0.251 e. The van der Waals surface area contributed by atoms with Crippen LogP contribution < -0.4 is 26.0 Å². The van der Waals surface area contributed by atoms with Crippen LogP contribution in [0.1, 0.15) is 83.0 Å². The standard InChI is InChI=1S/C48H76N4O22/c1-5-6-7-8-9-10-11-12-13-17-67-27-16-14-15-26(18-27)44(65)52-33-37(61)36(60)28(19-53)69-46(33)73-42-30(21-55)71-48(35(39(42)63)51-25(4)59)74-43-31(22-56)70-47(34(40(43)64)50-24(3)58)72-41-29(20-54)68-45(66)32(38(41)62)49-23(2)57/h10-11,14-16,18,28-43,45-48,53-56,60-64,66H,5-9,12-13,17,19-22H2,1-4H3,(H,49,57)(H,50,58)(H,51,59)(H,52,65). The van der Waals surface area contributed by atoms with Crippen molar-refractivity contribution in [3.8, 4) is 5.75 Å². The predicted octanol–water partition coefficient (Wildman–Crippen LogP) is -4.19. The van der Waals surface area contributed by atoms with Crippen LogP contribution in [0.5, 0.6) is 5.75 Å². The van der Waals surface area contributed by atoms with Crippen molar-refractivity contribution in [1.82, 2.24) is 21.3 Å². The molecule has 20 unspecified atom stereocenters. The summed E-state index contributed by atoms with van der Waals surface area (Å²) in [5.41, 5.74) is 0.0817. The first-order valence-electron chi connectivity index (χ1n) is 25.0. The molecule has 20 atom stereocenters. The number of nitrogens with one attached hydrogen (secondary N) is 4. The lowest BCUT2D eigenvalue weighted by Crippen LogP contribution is -2.71. The zero-order valence-electron chi connectivity index (χ0n) is 41.9. The molecule has 1 aromatic carbocycles. The van der Waals surface area contributed by atoms with Gasteiger partial charge in [0.2, 0.25) is 17.7 Å². The highest BCUT2D eigenvalue weighted by Crippen LogP contribution is 2.35. The van der Waals surface area contributed by atoms with Gasteiger partial charge in [-0.2, -0.15) is 0 Å². The van der Waals surface area contributed by atoms with Gasteiger partial charge in [-0.1, -0.05) is 44.4 Å². The fourth-order valence-corrected chi connectivity index (χ4v) is 9.21. The van der Waals surface area contributed by atoms with E-state index in [2.05, 4.69) is 40.3 Å². The second kappa shape index (κ2) is 29.5. The van der Waals surface area contributed by atoms with E-state index in [0.29, 0.717) is 12.4 Å². The van der Waals surface area contributed by atoms with E-state index in [0.717, 1.165) is 46.5 Å². The predicted molar refractivity (Wildman–Crippen MR) is 253 cm³/mol. The van der Waals surface area contributed by atoms with Crippen molar-refractivity contribution in [1.29, 1.82) is 0 Å². The SMILES string of the molecule is CCCCCCC=CCCCOc1cccc(C(=O)NC2C(OC3C(CO)OC(OC4C(CO)OC(OC5C(CO)OC(O)C(NC(C)=O)C5O)C(NC(C)=O)C4O)C(NC(C)=O)C3O)OC(CO)C(O)C2O)c1. The zero-order valence-corrected chi connectivity index (χ0v) is 41.9. The number of allylic oxidation sites excluding steroid dienone is 2. The Morgan fingerprint density at radius 1 is 0.541 bits per heavy atom. The van der Waals surface area contributed by atoms with Crippen molar-refractivity contribution >= 4 is 23.6 Å². The summed E-state index contributed by atoms with van der Waals surface area (Å²) in [6.45, 7) is 2.23. The third-order valence-electron chi connectivity index (χ3n) is 13.0. The zero-order chi connectivity index (χ0) is 54.2. The maximum atomic E-state index is 13.8. The van der Waals surface area contributed by atoms with Crippen LogP contribution in [0.15, 0.2) is 36.4 Å². The van der Waals surface area contributed by atoms with Crippen molar-refractivity contribution in [3.05, 3.63) is 42.0 Å². The van der Waals surface area contributed by atoms with Crippen molar-refractivity contribution < 1.29 is 108 Å². The van der Waals surface area contributed by atoms with Crippen molar-refractivity contribution in [2.45, 2.75) is 195 Å². The highest BCUT2D eigenvalue weighted by Gasteiger charge is 2.56. The number of hydrogen-bond acceptors (Lipinski definition) is 22. The minimum absolute atomic E-state index is 0.0817. The molecule has 26 heteroatoms. The van der Waals surface area contributed by atoms with E-state index in [1.54, 1.807) is 12.1 Å². The molecule has 1 aromatic rings. The van der Waals surface area contributed by atoms with Crippen LogP contribution in [0.25, 0.3) is 0 Å². The van der Waals surface area contributed by atoms with Crippen LogP contribution in [0, 0.1) is 0 Å². The number of aliphatic hydroxyl groups excluding tert-OH is 10. The third-order valence-corrected chi connectivity index (χ3v) is 13.0. The minimum atomic E-state index is -1.94. The van der Waals surface area contributed by atoms with Gasteiger partial charge >= 0.3 is 0 Å². The number of aliphatic hydroxyl groups is 10. The molecule has 14 N–H and O–H groups in total. The van der Waals surface area contributed by atoms with E-state index in [-0.39, 0.29) is 5.56 Å². The molecule has 5 rings (SSSR count). The van der Waals surface area contributed by atoms with Crippen LogP contribution in [-0.2, 0) is 47.5 Å². The Kier molecular flexibility index (Phi) is 24.2. The highest BCUT2D eigenvalue weighted by atomic mass is 16.8. The summed E-state index contributed by atoms with van der Waals surface area (Å²) in [6.07, 6.45) is -16.1. The Hall–Kier alpha value is -4.04. The Morgan fingerprint density at radius 3 is 1.47 bits per heavy atom. The number of amides is 4. The first kappa shape index (κ1) is 60.8. The molecule has 4 saturated heterocycles. The molecule has 74 heavy (non-hydrogen) atoms. The summed E-state index contributed by atoms with van der Waals surface area (Å²) in [6, 6.07) is -0.191. The number of unbranched alkanes of at least 4 members (excludes halogenated alkanes) is 5. The van der Waals surface area contributed by atoms with Crippen molar-refractivity contribution in [3.63, 3.8) is 0 Å². The van der Waals surface area contributed by atoms with Crippen LogP contribution >= 0.6 is 0 Å². The molecule has 0 aromatic heterocycles. The first-order chi connectivity index (χ1) is 35.4. The molecule has 26 nitrogen and oxygen atoms in total. The molecule has 0 bridgehead atoms. The molecule has 4 aliphatic heterocycles. The van der Waals surface area contributed by atoms with Gasteiger partial charge in [0.05, 0.1) is 33.0 Å². The second-order valence-electron chi connectivity index (χ2n) is 18.7. The molecule has 4 amide bonds.